The summed E-state index contributed by atoms with van der Waals surface area (Å²) in [5, 5.41) is 3.51. The number of nitrogens with zero attached hydrogens (tertiary/aromatic N) is 4. The molecule has 0 aliphatic heterocycles. The number of nitrogen functional groups attached to an aromatic ring is 1. The maximum atomic E-state index is 6.00. The largest absolute Gasteiger partial charge is 0.369 e. The lowest BCUT2D eigenvalue weighted by Crippen LogP contribution is -2.02. The molecule has 0 radical (unpaired) electrons. The molecule has 19 heavy (non-hydrogen) atoms. The van der Waals surface area contributed by atoms with Crippen LogP contribution in [0, 0.1) is 0 Å². The number of halogens is 1. The van der Waals surface area contributed by atoms with Crippen molar-refractivity contribution >= 4 is 34.7 Å². The van der Waals surface area contributed by atoms with E-state index in [0.717, 1.165) is 5.69 Å². The zero-order valence-electron chi connectivity index (χ0n) is 10.1. The third kappa shape index (κ3) is 1.96. The number of hydrogen-bond acceptors (Lipinski definition) is 5. The third-order valence-corrected chi connectivity index (χ3v) is 2.95. The van der Waals surface area contributed by atoms with Crippen molar-refractivity contribution in [2.24, 2.45) is 0 Å². The first-order chi connectivity index (χ1) is 9.19. The van der Waals surface area contributed by atoms with Crippen LogP contribution in [0.25, 0.3) is 16.9 Å². The van der Waals surface area contributed by atoms with Gasteiger partial charge in [-0.1, -0.05) is 17.7 Å². The number of rotatable bonds is 2. The SMILES string of the molecule is CNc1ncc2nc(N)n(-c3cccc(Cl)c3)c2n1. The van der Waals surface area contributed by atoms with Crippen LogP contribution >= 0.6 is 11.6 Å². The lowest BCUT2D eigenvalue weighted by molar-refractivity contribution is 1.07. The molecule has 0 saturated carbocycles. The molecule has 0 atom stereocenters. The van der Waals surface area contributed by atoms with Crippen molar-refractivity contribution in [1.82, 2.24) is 19.5 Å². The standard InChI is InChI=1S/C12H11ClN6/c1-15-12-16-6-9-10(18-12)19(11(14)17-9)8-4-2-3-7(13)5-8/h2-6H,1H3,(H2,14,17)(H,15,16,18). The molecule has 2 heterocycles. The van der Waals surface area contributed by atoms with Crippen LogP contribution in [-0.2, 0) is 0 Å². The first-order valence-corrected chi connectivity index (χ1v) is 6.01. The molecule has 3 N–H and O–H groups in total. The highest BCUT2D eigenvalue weighted by molar-refractivity contribution is 6.30. The predicted octanol–water partition coefficient (Wildman–Crippen LogP) is 2.09. The summed E-state index contributed by atoms with van der Waals surface area (Å²) >= 11 is 6.00. The summed E-state index contributed by atoms with van der Waals surface area (Å²) in [5.74, 6) is 0.857. The van der Waals surface area contributed by atoms with Gasteiger partial charge >= 0.3 is 0 Å². The molecule has 7 heteroatoms. The zero-order chi connectivity index (χ0) is 13.4. The number of fused-ring (bicyclic) bond motifs is 1. The molecule has 0 bridgehead atoms. The molecular formula is C12H11ClN6. The second-order valence-corrected chi connectivity index (χ2v) is 4.37. The molecule has 0 aliphatic rings. The number of benzene rings is 1. The van der Waals surface area contributed by atoms with Gasteiger partial charge in [-0.25, -0.2) is 9.97 Å². The number of hydrogen-bond donors (Lipinski definition) is 2. The molecule has 1 aromatic carbocycles. The van der Waals surface area contributed by atoms with Crippen LogP contribution in [0.3, 0.4) is 0 Å². The van der Waals surface area contributed by atoms with Crippen LogP contribution in [-0.4, -0.2) is 26.6 Å². The Hall–Kier alpha value is -2.34. The van der Waals surface area contributed by atoms with Crippen LogP contribution in [0.5, 0.6) is 0 Å². The smallest absolute Gasteiger partial charge is 0.224 e. The first-order valence-electron chi connectivity index (χ1n) is 5.63. The highest BCUT2D eigenvalue weighted by Crippen LogP contribution is 2.23. The Morgan fingerprint density at radius 1 is 1.32 bits per heavy atom. The molecule has 3 rings (SSSR count). The van der Waals surface area contributed by atoms with Gasteiger partial charge < -0.3 is 11.1 Å². The molecule has 0 aliphatic carbocycles. The Kier molecular flexibility index (Phi) is 2.72. The van der Waals surface area contributed by atoms with Gasteiger partial charge in [0, 0.05) is 12.1 Å². The maximum Gasteiger partial charge on any atom is 0.224 e. The van der Waals surface area contributed by atoms with Gasteiger partial charge in [-0.2, -0.15) is 4.98 Å². The first kappa shape index (κ1) is 11.7. The minimum absolute atomic E-state index is 0.347. The van der Waals surface area contributed by atoms with Crippen LogP contribution < -0.4 is 11.1 Å². The van der Waals surface area contributed by atoms with Crippen molar-refractivity contribution in [1.29, 1.82) is 0 Å². The monoisotopic (exact) mass is 274 g/mol. The van der Waals surface area contributed by atoms with Crippen molar-refractivity contribution in [2.75, 3.05) is 18.1 Å². The van der Waals surface area contributed by atoms with E-state index in [1.807, 2.05) is 12.1 Å². The van der Waals surface area contributed by atoms with Crippen molar-refractivity contribution in [3.05, 3.63) is 35.5 Å². The number of nitrogens with one attached hydrogen (secondary N) is 1. The Bertz CT molecular complexity index is 751. The summed E-state index contributed by atoms with van der Waals surface area (Å²) < 4.78 is 1.74. The topological polar surface area (TPSA) is 81.6 Å². The van der Waals surface area contributed by atoms with Gasteiger partial charge in [0.25, 0.3) is 0 Å². The molecule has 0 spiro atoms. The van der Waals surface area contributed by atoms with E-state index in [1.54, 1.807) is 29.9 Å². The van der Waals surface area contributed by atoms with Crippen LogP contribution in [0.1, 0.15) is 0 Å². The second kappa shape index (κ2) is 4.40. The average molecular weight is 275 g/mol. The van der Waals surface area contributed by atoms with Crippen LogP contribution in [0.15, 0.2) is 30.5 Å². The summed E-state index contributed by atoms with van der Waals surface area (Å²) in [6.45, 7) is 0. The van der Waals surface area contributed by atoms with Gasteiger partial charge in [0.2, 0.25) is 11.9 Å². The highest BCUT2D eigenvalue weighted by Gasteiger charge is 2.12. The Morgan fingerprint density at radius 2 is 2.16 bits per heavy atom. The number of aromatic nitrogens is 4. The Labute approximate surface area is 114 Å². The molecule has 0 fully saturated rings. The summed E-state index contributed by atoms with van der Waals surface area (Å²) in [4.78, 5) is 12.7. The molecule has 3 aromatic rings. The molecule has 6 nitrogen and oxygen atoms in total. The van der Waals surface area contributed by atoms with Gasteiger partial charge in [-0.3, -0.25) is 4.57 Å². The Morgan fingerprint density at radius 3 is 2.89 bits per heavy atom. The normalized spacial score (nSPS) is 10.8. The minimum atomic E-state index is 0.347. The third-order valence-electron chi connectivity index (χ3n) is 2.72. The van der Waals surface area contributed by atoms with Crippen molar-refractivity contribution in [2.45, 2.75) is 0 Å². The fourth-order valence-electron chi connectivity index (χ4n) is 1.88. The van der Waals surface area contributed by atoms with Crippen LogP contribution in [0.2, 0.25) is 5.02 Å². The van der Waals surface area contributed by atoms with E-state index in [0.29, 0.717) is 28.1 Å². The fraction of sp³-hybridized carbons (Fsp3) is 0.0833. The maximum absolute atomic E-state index is 6.00. The van der Waals surface area contributed by atoms with Crippen LogP contribution in [0.4, 0.5) is 11.9 Å². The molecule has 0 saturated heterocycles. The molecule has 0 unspecified atom stereocenters. The molecule has 0 amide bonds. The summed E-state index contributed by atoms with van der Waals surface area (Å²) in [7, 11) is 1.75. The van der Waals surface area contributed by atoms with E-state index in [4.69, 9.17) is 17.3 Å². The number of anilines is 2. The van der Waals surface area contributed by atoms with Gasteiger partial charge in [0.05, 0.1) is 11.9 Å². The fourth-order valence-corrected chi connectivity index (χ4v) is 2.07. The Balaban J connectivity index is 2.30. The minimum Gasteiger partial charge on any atom is -0.369 e. The van der Waals surface area contributed by atoms with Gasteiger partial charge in [-0.15, -0.1) is 0 Å². The summed E-state index contributed by atoms with van der Waals surface area (Å²) in [6.07, 6.45) is 1.63. The average Bonchev–Trinajstić information content (AvgIpc) is 2.73. The van der Waals surface area contributed by atoms with Crippen molar-refractivity contribution in [3.63, 3.8) is 0 Å². The number of nitrogens with two attached hydrogens (primary N) is 1. The van der Waals surface area contributed by atoms with Gasteiger partial charge in [0.15, 0.2) is 5.65 Å². The van der Waals surface area contributed by atoms with E-state index < -0.39 is 0 Å². The summed E-state index contributed by atoms with van der Waals surface area (Å²) in [6, 6.07) is 7.35. The highest BCUT2D eigenvalue weighted by atomic mass is 35.5. The van der Waals surface area contributed by atoms with Crippen molar-refractivity contribution in [3.8, 4) is 5.69 Å². The predicted molar refractivity (Wildman–Crippen MR) is 75.6 cm³/mol. The second-order valence-electron chi connectivity index (χ2n) is 3.94. The molecular weight excluding hydrogens is 264 g/mol. The lowest BCUT2D eigenvalue weighted by atomic mass is 10.3. The van der Waals surface area contributed by atoms with E-state index in [2.05, 4.69) is 20.3 Å². The molecule has 2 aromatic heterocycles. The van der Waals surface area contributed by atoms with Crippen molar-refractivity contribution < 1.29 is 0 Å². The molecule has 96 valence electrons. The van der Waals surface area contributed by atoms with E-state index >= 15 is 0 Å². The van der Waals surface area contributed by atoms with Gasteiger partial charge in [-0.05, 0) is 18.2 Å². The zero-order valence-corrected chi connectivity index (χ0v) is 10.9. The lowest BCUT2D eigenvalue weighted by Gasteiger charge is -2.06. The number of imidazole rings is 1. The van der Waals surface area contributed by atoms with E-state index in [-0.39, 0.29) is 0 Å². The van der Waals surface area contributed by atoms with Gasteiger partial charge in [0.1, 0.15) is 5.52 Å². The quantitative estimate of drug-likeness (QED) is 0.748. The van der Waals surface area contributed by atoms with E-state index in [1.165, 1.54) is 0 Å². The summed E-state index contributed by atoms with van der Waals surface area (Å²) in [5.41, 5.74) is 8.03. The van der Waals surface area contributed by atoms with E-state index in [9.17, 15) is 0 Å².